The zero-order valence-corrected chi connectivity index (χ0v) is 9.70. The van der Waals surface area contributed by atoms with Gasteiger partial charge in [0.15, 0.2) is 0 Å². The maximum absolute atomic E-state index is 11.1. The third-order valence-corrected chi connectivity index (χ3v) is 3.15. The number of primary amides is 1. The van der Waals surface area contributed by atoms with Crippen molar-refractivity contribution >= 4 is 23.0 Å². The Morgan fingerprint density at radius 2 is 2.22 bits per heavy atom. The van der Waals surface area contributed by atoms with E-state index >= 15 is 0 Å². The van der Waals surface area contributed by atoms with Crippen molar-refractivity contribution in [2.75, 3.05) is 23.7 Å². The lowest BCUT2D eigenvalue weighted by Gasteiger charge is -2.19. The molecule has 1 heterocycles. The zero-order chi connectivity index (χ0) is 13.3. The molecule has 0 saturated carbocycles. The van der Waals surface area contributed by atoms with Gasteiger partial charge < -0.3 is 16.4 Å². The molecule has 1 saturated heterocycles. The van der Waals surface area contributed by atoms with Gasteiger partial charge in [-0.3, -0.25) is 14.9 Å². The number of anilines is 2. The van der Waals surface area contributed by atoms with E-state index < -0.39 is 4.92 Å². The van der Waals surface area contributed by atoms with Crippen LogP contribution in [0.2, 0.25) is 0 Å². The molecule has 0 aromatic heterocycles. The molecule has 1 aliphatic heterocycles. The summed E-state index contributed by atoms with van der Waals surface area (Å²) in [5.74, 6) is -0.502. The molecule has 1 unspecified atom stereocenters. The summed E-state index contributed by atoms with van der Waals surface area (Å²) in [7, 11) is 0. The van der Waals surface area contributed by atoms with E-state index in [1.54, 1.807) is 6.07 Å². The van der Waals surface area contributed by atoms with Gasteiger partial charge in [0.05, 0.1) is 22.2 Å². The normalized spacial score (nSPS) is 18.9. The standard InChI is InChI=1S/C11H14N4O3/c12-9-5-8(15(17)18)1-2-10(9)14-4-3-7(6-14)11(13)16/h1-2,5,7H,3-4,6,12H2,(H2,13,16). The van der Waals surface area contributed by atoms with E-state index in [1.165, 1.54) is 12.1 Å². The molecule has 1 aromatic rings. The van der Waals surface area contributed by atoms with Crippen molar-refractivity contribution in [3.63, 3.8) is 0 Å². The van der Waals surface area contributed by atoms with Crippen molar-refractivity contribution in [2.45, 2.75) is 6.42 Å². The van der Waals surface area contributed by atoms with Crippen LogP contribution in [0, 0.1) is 16.0 Å². The second kappa shape index (κ2) is 4.52. The van der Waals surface area contributed by atoms with Crippen LogP contribution in [0.4, 0.5) is 17.1 Å². The lowest BCUT2D eigenvalue weighted by atomic mass is 10.1. The fourth-order valence-corrected chi connectivity index (χ4v) is 2.15. The highest BCUT2D eigenvalue weighted by molar-refractivity contribution is 5.79. The number of nitrogens with zero attached hydrogens (tertiary/aromatic N) is 2. The predicted molar refractivity (Wildman–Crippen MR) is 67.0 cm³/mol. The number of amides is 1. The molecule has 0 aliphatic carbocycles. The van der Waals surface area contributed by atoms with Gasteiger partial charge in [0.2, 0.25) is 5.91 Å². The molecule has 2 rings (SSSR count). The van der Waals surface area contributed by atoms with Gasteiger partial charge in [0, 0.05) is 25.2 Å². The highest BCUT2D eigenvalue weighted by Crippen LogP contribution is 2.31. The molecule has 1 aromatic carbocycles. The van der Waals surface area contributed by atoms with Crippen LogP contribution in [-0.2, 0) is 4.79 Å². The topological polar surface area (TPSA) is 115 Å². The number of hydrogen-bond donors (Lipinski definition) is 2. The third-order valence-electron chi connectivity index (χ3n) is 3.15. The Hall–Kier alpha value is -2.31. The number of non-ortho nitro benzene ring substituents is 1. The average Bonchev–Trinajstić information content (AvgIpc) is 2.78. The molecular formula is C11H14N4O3. The highest BCUT2D eigenvalue weighted by atomic mass is 16.6. The third kappa shape index (κ3) is 2.20. The van der Waals surface area contributed by atoms with Crippen LogP contribution >= 0.6 is 0 Å². The first-order valence-electron chi connectivity index (χ1n) is 5.57. The Kier molecular flexibility index (Phi) is 3.05. The number of nitro groups is 1. The van der Waals surface area contributed by atoms with Crippen molar-refractivity contribution < 1.29 is 9.72 Å². The summed E-state index contributed by atoms with van der Waals surface area (Å²) in [5, 5.41) is 10.6. The number of rotatable bonds is 3. The van der Waals surface area contributed by atoms with Gasteiger partial charge in [0.25, 0.3) is 5.69 Å². The van der Waals surface area contributed by atoms with Gasteiger partial charge in [-0.05, 0) is 12.5 Å². The van der Waals surface area contributed by atoms with E-state index in [9.17, 15) is 14.9 Å². The van der Waals surface area contributed by atoms with Crippen LogP contribution in [-0.4, -0.2) is 23.9 Å². The number of nitrogens with two attached hydrogens (primary N) is 2. The minimum atomic E-state index is -0.490. The molecule has 1 fully saturated rings. The second-order valence-corrected chi connectivity index (χ2v) is 4.33. The minimum absolute atomic E-state index is 0.0399. The van der Waals surface area contributed by atoms with Crippen LogP contribution in [0.15, 0.2) is 18.2 Å². The van der Waals surface area contributed by atoms with Gasteiger partial charge in [-0.2, -0.15) is 0 Å². The summed E-state index contributed by atoms with van der Waals surface area (Å²) in [6, 6.07) is 4.34. The molecule has 96 valence electrons. The molecule has 18 heavy (non-hydrogen) atoms. The van der Waals surface area contributed by atoms with Crippen LogP contribution in [0.3, 0.4) is 0 Å². The summed E-state index contributed by atoms with van der Waals surface area (Å²) in [6.07, 6.45) is 0.686. The number of benzene rings is 1. The van der Waals surface area contributed by atoms with Crippen LogP contribution in [0.5, 0.6) is 0 Å². The van der Waals surface area contributed by atoms with Crippen LogP contribution in [0.25, 0.3) is 0 Å². The molecular weight excluding hydrogens is 236 g/mol. The number of nitro benzene ring substituents is 1. The number of hydrogen-bond acceptors (Lipinski definition) is 5. The molecule has 0 bridgehead atoms. The summed E-state index contributed by atoms with van der Waals surface area (Å²) in [5.41, 5.74) is 12.1. The predicted octanol–water partition coefficient (Wildman–Crippen LogP) is 0.489. The van der Waals surface area contributed by atoms with Gasteiger partial charge in [-0.15, -0.1) is 0 Å². The molecule has 0 radical (unpaired) electrons. The summed E-state index contributed by atoms with van der Waals surface area (Å²) in [4.78, 5) is 23.1. The van der Waals surface area contributed by atoms with Crippen molar-refractivity contribution in [1.29, 1.82) is 0 Å². The van der Waals surface area contributed by atoms with Crippen LogP contribution < -0.4 is 16.4 Å². The Labute approximate surface area is 104 Å². The Morgan fingerprint density at radius 3 is 2.72 bits per heavy atom. The number of carbonyl (C=O) groups excluding carboxylic acids is 1. The van der Waals surface area contributed by atoms with Crippen LogP contribution in [0.1, 0.15) is 6.42 Å². The molecule has 0 spiro atoms. The molecule has 4 N–H and O–H groups in total. The monoisotopic (exact) mass is 250 g/mol. The van der Waals surface area contributed by atoms with E-state index in [4.69, 9.17) is 11.5 Å². The number of nitrogen functional groups attached to an aromatic ring is 1. The Balaban J connectivity index is 2.20. The van der Waals surface area contributed by atoms with E-state index in [1.807, 2.05) is 4.90 Å². The SMILES string of the molecule is NC(=O)C1CCN(c2ccc([N+](=O)[O-])cc2N)C1. The fourth-order valence-electron chi connectivity index (χ4n) is 2.15. The largest absolute Gasteiger partial charge is 0.397 e. The molecule has 7 nitrogen and oxygen atoms in total. The zero-order valence-electron chi connectivity index (χ0n) is 9.70. The molecule has 1 amide bonds. The van der Waals surface area contributed by atoms with E-state index in [0.717, 1.165) is 0 Å². The summed E-state index contributed by atoms with van der Waals surface area (Å²) in [6.45, 7) is 1.19. The van der Waals surface area contributed by atoms with Crippen molar-refractivity contribution in [3.05, 3.63) is 28.3 Å². The molecule has 1 aliphatic rings. The second-order valence-electron chi connectivity index (χ2n) is 4.33. The highest BCUT2D eigenvalue weighted by Gasteiger charge is 2.28. The van der Waals surface area contributed by atoms with E-state index in [0.29, 0.717) is 30.9 Å². The quantitative estimate of drug-likeness (QED) is 0.460. The van der Waals surface area contributed by atoms with E-state index in [2.05, 4.69) is 0 Å². The first kappa shape index (κ1) is 12.2. The van der Waals surface area contributed by atoms with Crippen molar-refractivity contribution in [1.82, 2.24) is 0 Å². The summed E-state index contributed by atoms with van der Waals surface area (Å²) < 4.78 is 0. The molecule has 1 atom stereocenters. The van der Waals surface area contributed by atoms with Crippen molar-refractivity contribution in [3.8, 4) is 0 Å². The first-order valence-corrected chi connectivity index (χ1v) is 5.57. The maximum Gasteiger partial charge on any atom is 0.271 e. The first-order chi connectivity index (χ1) is 8.49. The van der Waals surface area contributed by atoms with Gasteiger partial charge >= 0.3 is 0 Å². The van der Waals surface area contributed by atoms with Gasteiger partial charge in [-0.1, -0.05) is 0 Å². The lowest BCUT2D eigenvalue weighted by Crippen LogP contribution is -2.27. The minimum Gasteiger partial charge on any atom is -0.397 e. The number of carbonyl (C=O) groups is 1. The molecule has 7 heteroatoms. The maximum atomic E-state index is 11.1. The lowest BCUT2D eigenvalue weighted by molar-refractivity contribution is -0.384. The van der Waals surface area contributed by atoms with Gasteiger partial charge in [-0.25, -0.2) is 0 Å². The summed E-state index contributed by atoms with van der Waals surface area (Å²) >= 11 is 0. The average molecular weight is 250 g/mol. The smallest absolute Gasteiger partial charge is 0.271 e. The van der Waals surface area contributed by atoms with Gasteiger partial charge in [0.1, 0.15) is 0 Å². The Bertz CT molecular complexity index is 503. The van der Waals surface area contributed by atoms with E-state index in [-0.39, 0.29) is 17.5 Å². The van der Waals surface area contributed by atoms with Crippen molar-refractivity contribution in [2.24, 2.45) is 11.7 Å². The fraction of sp³-hybridized carbons (Fsp3) is 0.364. The Morgan fingerprint density at radius 1 is 1.50 bits per heavy atom.